The number of aromatic nitrogens is 1. The number of hydrogen-bond acceptors (Lipinski definition) is 6. The van der Waals surface area contributed by atoms with E-state index < -0.39 is 10.9 Å². The highest BCUT2D eigenvalue weighted by atomic mass is 16.6. The Balaban J connectivity index is 2.09. The number of pyridine rings is 1. The number of ether oxygens (including phenoxy) is 1. The molecule has 2 fully saturated rings. The minimum atomic E-state index is -0.701. The van der Waals surface area contributed by atoms with Crippen LogP contribution in [0.5, 0.6) is 0 Å². The van der Waals surface area contributed by atoms with Crippen molar-refractivity contribution in [3.05, 3.63) is 27.4 Å². The summed E-state index contributed by atoms with van der Waals surface area (Å²) in [5.74, 6) is -0.0346. The average molecular weight is 333 g/mol. The monoisotopic (exact) mass is 333 g/mol. The van der Waals surface area contributed by atoms with Crippen molar-refractivity contribution >= 4 is 17.5 Å². The lowest BCUT2D eigenvalue weighted by atomic mass is 9.55. The normalized spacial score (nSPS) is 21.4. The zero-order valence-electron chi connectivity index (χ0n) is 14.5. The van der Waals surface area contributed by atoms with Crippen LogP contribution in [-0.2, 0) is 4.74 Å². The van der Waals surface area contributed by atoms with Crippen molar-refractivity contribution in [3.8, 4) is 0 Å². The summed E-state index contributed by atoms with van der Waals surface area (Å²) < 4.78 is 4.73. The molecule has 0 aromatic carbocycles. The van der Waals surface area contributed by atoms with Gasteiger partial charge in [-0.25, -0.2) is 9.78 Å². The van der Waals surface area contributed by atoms with E-state index in [-0.39, 0.29) is 22.7 Å². The Labute approximate surface area is 141 Å². The Morgan fingerprint density at radius 1 is 1.50 bits per heavy atom. The van der Waals surface area contributed by atoms with Crippen LogP contribution in [0.3, 0.4) is 0 Å². The predicted octanol–water partition coefficient (Wildman–Crippen LogP) is 3.10. The topological polar surface area (TPSA) is 85.6 Å². The van der Waals surface area contributed by atoms with Crippen LogP contribution >= 0.6 is 0 Å². The van der Waals surface area contributed by atoms with Gasteiger partial charge < -0.3 is 9.64 Å². The molecule has 1 saturated carbocycles. The fraction of sp³-hybridized carbons (Fsp3) is 0.647. The summed E-state index contributed by atoms with van der Waals surface area (Å²) in [4.78, 5) is 29.6. The van der Waals surface area contributed by atoms with Gasteiger partial charge in [0.2, 0.25) is 5.82 Å². The number of methoxy groups -OCH3 is 1. The molecule has 130 valence electrons. The highest BCUT2D eigenvalue weighted by molar-refractivity contribution is 5.96. The first-order chi connectivity index (χ1) is 11.3. The third kappa shape index (κ3) is 2.34. The molecule has 7 nitrogen and oxygen atoms in total. The van der Waals surface area contributed by atoms with E-state index in [1.807, 2.05) is 4.90 Å². The lowest BCUT2D eigenvalue weighted by Gasteiger charge is -2.64. The molecule has 3 rings (SSSR count). The summed E-state index contributed by atoms with van der Waals surface area (Å²) in [6.45, 7) is 6.79. The van der Waals surface area contributed by atoms with Gasteiger partial charge in [-0.2, -0.15) is 0 Å². The second-order valence-corrected chi connectivity index (χ2v) is 7.26. The summed E-state index contributed by atoms with van der Waals surface area (Å²) >= 11 is 0. The summed E-state index contributed by atoms with van der Waals surface area (Å²) in [5.41, 5.74) is 0.571. The van der Waals surface area contributed by atoms with Crippen molar-refractivity contribution in [3.63, 3.8) is 0 Å². The molecule has 0 unspecified atom stereocenters. The van der Waals surface area contributed by atoms with Gasteiger partial charge in [0, 0.05) is 23.7 Å². The zero-order chi connectivity index (χ0) is 17.6. The van der Waals surface area contributed by atoms with E-state index in [0.717, 1.165) is 19.4 Å². The second kappa shape index (κ2) is 5.72. The van der Waals surface area contributed by atoms with Crippen molar-refractivity contribution in [1.29, 1.82) is 0 Å². The van der Waals surface area contributed by atoms with E-state index in [9.17, 15) is 14.9 Å². The number of anilines is 1. The summed E-state index contributed by atoms with van der Waals surface area (Å²) in [5, 5.41) is 11.7. The van der Waals surface area contributed by atoms with Crippen molar-refractivity contribution in [2.75, 3.05) is 18.6 Å². The molecular weight excluding hydrogens is 310 g/mol. The average Bonchev–Trinajstić information content (AvgIpc) is 2.42. The van der Waals surface area contributed by atoms with Gasteiger partial charge in [0.15, 0.2) is 0 Å². The minimum Gasteiger partial charge on any atom is -0.465 e. The maximum atomic E-state index is 12.0. The fourth-order valence-electron chi connectivity index (χ4n) is 4.40. The van der Waals surface area contributed by atoms with E-state index in [2.05, 4.69) is 18.8 Å². The zero-order valence-corrected chi connectivity index (χ0v) is 14.5. The Kier molecular flexibility index (Phi) is 3.97. The van der Waals surface area contributed by atoms with Crippen molar-refractivity contribution in [2.45, 2.75) is 46.1 Å². The molecule has 2 heterocycles. The number of esters is 1. The maximum absolute atomic E-state index is 12.0. The van der Waals surface area contributed by atoms with Gasteiger partial charge in [0.25, 0.3) is 0 Å². The van der Waals surface area contributed by atoms with Crippen LogP contribution in [0.1, 0.15) is 49.2 Å². The quantitative estimate of drug-likeness (QED) is 0.478. The third-order valence-electron chi connectivity index (χ3n) is 5.39. The van der Waals surface area contributed by atoms with Crippen LogP contribution in [0.2, 0.25) is 0 Å². The van der Waals surface area contributed by atoms with E-state index in [4.69, 9.17) is 4.74 Å². The van der Waals surface area contributed by atoms with E-state index in [1.54, 1.807) is 6.92 Å². The minimum absolute atomic E-state index is 0.0259. The molecule has 1 aromatic rings. The number of rotatable bonds is 4. The summed E-state index contributed by atoms with van der Waals surface area (Å²) in [6.07, 6.45) is 3.54. The number of hydrogen-bond donors (Lipinski definition) is 0. The molecule has 0 amide bonds. The van der Waals surface area contributed by atoms with E-state index >= 15 is 0 Å². The highest BCUT2D eigenvalue weighted by Crippen LogP contribution is 2.57. The third-order valence-corrected chi connectivity index (χ3v) is 5.39. The maximum Gasteiger partial charge on any atom is 0.345 e. The van der Waals surface area contributed by atoms with Crippen molar-refractivity contribution < 1.29 is 14.5 Å². The number of aryl methyl sites for hydroxylation is 1. The summed E-state index contributed by atoms with van der Waals surface area (Å²) in [6, 6.07) is 1.65. The standard InChI is InChI=1S/C17H23N3O4/c1-10(2)14-17(6-5-7-17)9-19(14)15-13(20(22)23)12(16(21)24-4)8-11(3)18-15/h8,10,14H,5-7,9H2,1-4H3/t14-/m1/s1. The lowest BCUT2D eigenvalue weighted by molar-refractivity contribution is -0.384. The van der Waals surface area contributed by atoms with Crippen LogP contribution in [0.4, 0.5) is 11.5 Å². The number of nitrogens with zero attached hydrogens (tertiary/aromatic N) is 3. The van der Waals surface area contributed by atoms with Gasteiger partial charge in [0.05, 0.1) is 12.0 Å². The first-order valence-corrected chi connectivity index (χ1v) is 8.32. The molecule has 7 heteroatoms. The Hall–Kier alpha value is -2.18. The Bertz CT molecular complexity index is 697. The molecule has 0 radical (unpaired) electrons. The first kappa shape index (κ1) is 16.7. The molecule has 0 N–H and O–H groups in total. The fourth-order valence-corrected chi connectivity index (χ4v) is 4.40. The second-order valence-electron chi connectivity index (χ2n) is 7.26. The van der Waals surface area contributed by atoms with Crippen LogP contribution in [0.25, 0.3) is 0 Å². The number of nitro groups is 1. The lowest BCUT2D eigenvalue weighted by Crippen LogP contribution is -2.70. The Morgan fingerprint density at radius 3 is 2.62 bits per heavy atom. The first-order valence-electron chi connectivity index (χ1n) is 8.32. The van der Waals surface area contributed by atoms with Crippen molar-refractivity contribution in [1.82, 2.24) is 4.98 Å². The van der Waals surface area contributed by atoms with E-state index in [0.29, 0.717) is 17.4 Å². The van der Waals surface area contributed by atoms with Gasteiger partial charge in [-0.15, -0.1) is 0 Å². The molecule has 24 heavy (non-hydrogen) atoms. The van der Waals surface area contributed by atoms with Crippen LogP contribution in [0.15, 0.2) is 6.07 Å². The SMILES string of the molecule is COC(=O)c1cc(C)nc(N2CC3(CCC3)[C@H]2C(C)C)c1[N+](=O)[O-]. The molecule has 1 aliphatic heterocycles. The van der Waals surface area contributed by atoms with E-state index in [1.165, 1.54) is 19.6 Å². The largest absolute Gasteiger partial charge is 0.465 e. The Morgan fingerprint density at radius 2 is 2.17 bits per heavy atom. The molecular formula is C17H23N3O4. The summed E-state index contributed by atoms with van der Waals surface area (Å²) in [7, 11) is 1.23. The smallest absolute Gasteiger partial charge is 0.345 e. The number of carbonyl (C=O) groups excluding carboxylic acids is 1. The van der Waals surface area contributed by atoms with Gasteiger partial charge in [-0.1, -0.05) is 20.3 Å². The molecule has 1 atom stereocenters. The molecule has 2 aliphatic rings. The van der Waals surface area contributed by atoms with Crippen LogP contribution in [0, 0.1) is 28.4 Å². The van der Waals surface area contributed by atoms with Crippen molar-refractivity contribution in [2.24, 2.45) is 11.3 Å². The highest BCUT2D eigenvalue weighted by Gasteiger charge is 2.58. The van der Waals surface area contributed by atoms with Gasteiger partial charge >= 0.3 is 11.7 Å². The molecule has 1 spiro atoms. The molecule has 1 aliphatic carbocycles. The van der Waals surface area contributed by atoms with Gasteiger partial charge in [-0.3, -0.25) is 10.1 Å². The predicted molar refractivity (Wildman–Crippen MR) is 89.2 cm³/mol. The number of carbonyl (C=O) groups is 1. The molecule has 0 bridgehead atoms. The molecule has 1 aromatic heterocycles. The molecule has 1 saturated heterocycles. The van der Waals surface area contributed by atoms with Crippen LogP contribution in [-0.4, -0.2) is 35.6 Å². The van der Waals surface area contributed by atoms with Gasteiger partial charge in [-0.05, 0) is 31.7 Å². The van der Waals surface area contributed by atoms with Crippen LogP contribution < -0.4 is 4.90 Å². The van der Waals surface area contributed by atoms with Gasteiger partial charge in [0.1, 0.15) is 5.56 Å².